The molecule has 0 unspecified atom stereocenters. The van der Waals surface area contributed by atoms with Crippen molar-refractivity contribution in [2.45, 2.75) is 32.1 Å². The first kappa shape index (κ1) is 20.0. The van der Waals surface area contributed by atoms with Crippen LogP contribution >= 0.6 is 11.8 Å². The van der Waals surface area contributed by atoms with E-state index >= 15 is 0 Å². The van der Waals surface area contributed by atoms with Gasteiger partial charge in [0.25, 0.3) is 5.91 Å². The summed E-state index contributed by atoms with van der Waals surface area (Å²) in [6.07, 6.45) is 0.775. The number of nitrogens with one attached hydrogen (secondary N) is 2. The second kappa shape index (κ2) is 9.43. The number of halogens is 1. The molecule has 2 aromatic rings. The van der Waals surface area contributed by atoms with Crippen LogP contribution in [-0.2, 0) is 4.74 Å². The summed E-state index contributed by atoms with van der Waals surface area (Å²) in [4.78, 5) is 28.3. The highest BCUT2D eigenvalue weighted by Crippen LogP contribution is 2.20. The predicted molar refractivity (Wildman–Crippen MR) is 100 cm³/mol. The number of aromatic amines is 1. The molecule has 0 saturated heterocycles. The van der Waals surface area contributed by atoms with Gasteiger partial charge in [-0.1, -0.05) is 0 Å². The van der Waals surface area contributed by atoms with Crippen molar-refractivity contribution in [1.82, 2.24) is 10.3 Å². The van der Waals surface area contributed by atoms with Gasteiger partial charge in [-0.15, -0.1) is 11.8 Å². The molecule has 0 atom stereocenters. The molecule has 0 aliphatic heterocycles. The Bertz CT molecular complexity index is 772. The Morgan fingerprint density at radius 2 is 1.92 bits per heavy atom. The van der Waals surface area contributed by atoms with E-state index < -0.39 is 5.97 Å². The average Bonchev–Trinajstić information content (AvgIpc) is 2.91. The number of ether oxygens (including phenoxy) is 1. The number of rotatable bonds is 8. The summed E-state index contributed by atoms with van der Waals surface area (Å²) >= 11 is 1.61. The summed E-state index contributed by atoms with van der Waals surface area (Å²) in [6.45, 7) is 6.02. The van der Waals surface area contributed by atoms with Gasteiger partial charge in [0.2, 0.25) is 0 Å². The Morgan fingerprint density at radius 1 is 1.23 bits per heavy atom. The minimum absolute atomic E-state index is 0.243. The predicted octanol–water partition coefficient (Wildman–Crippen LogP) is 3.86. The molecule has 5 nitrogen and oxygen atoms in total. The Balaban J connectivity index is 1.83. The number of aromatic nitrogens is 1. The molecule has 1 amide bonds. The van der Waals surface area contributed by atoms with Gasteiger partial charge in [0.1, 0.15) is 11.5 Å². The van der Waals surface area contributed by atoms with E-state index in [2.05, 4.69) is 10.3 Å². The largest absolute Gasteiger partial charge is 0.462 e. The number of aryl methyl sites for hydroxylation is 1. The van der Waals surface area contributed by atoms with Crippen molar-refractivity contribution in [3.63, 3.8) is 0 Å². The standard InChI is InChI=1S/C19H23FN2O3S/c1-4-25-19(24)16-12(2)17(22-13(16)3)18(23)21-10-5-11-26-15-8-6-14(20)7-9-15/h6-9,22H,4-5,10-11H2,1-3H3,(H,21,23). The summed E-state index contributed by atoms with van der Waals surface area (Å²) in [5, 5.41) is 2.85. The molecule has 140 valence electrons. The maximum atomic E-state index is 12.8. The minimum atomic E-state index is -0.423. The molecule has 7 heteroatoms. The molecule has 0 bridgehead atoms. The third-order valence-corrected chi connectivity index (χ3v) is 4.93. The van der Waals surface area contributed by atoms with Crippen molar-refractivity contribution in [3.05, 3.63) is 52.6 Å². The Kier molecular flexibility index (Phi) is 7.26. The maximum Gasteiger partial charge on any atom is 0.340 e. The molecule has 0 saturated carbocycles. The highest BCUT2D eigenvalue weighted by molar-refractivity contribution is 7.99. The normalized spacial score (nSPS) is 10.6. The Hall–Kier alpha value is -2.28. The van der Waals surface area contributed by atoms with Gasteiger partial charge < -0.3 is 15.0 Å². The summed E-state index contributed by atoms with van der Waals surface area (Å²) in [7, 11) is 0. The molecular weight excluding hydrogens is 355 g/mol. The van der Waals surface area contributed by atoms with Gasteiger partial charge >= 0.3 is 5.97 Å². The molecule has 0 fully saturated rings. The third-order valence-electron chi connectivity index (χ3n) is 3.83. The van der Waals surface area contributed by atoms with E-state index in [1.165, 1.54) is 12.1 Å². The quantitative estimate of drug-likeness (QED) is 0.416. The van der Waals surface area contributed by atoms with Gasteiger partial charge in [-0.25, -0.2) is 9.18 Å². The number of benzene rings is 1. The van der Waals surface area contributed by atoms with Crippen LogP contribution < -0.4 is 5.32 Å². The van der Waals surface area contributed by atoms with Crippen molar-refractivity contribution in [2.24, 2.45) is 0 Å². The van der Waals surface area contributed by atoms with Crippen molar-refractivity contribution in [3.8, 4) is 0 Å². The lowest BCUT2D eigenvalue weighted by Gasteiger charge is -2.06. The topological polar surface area (TPSA) is 71.2 Å². The van der Waals surface area contributed by atoms with E-state index in [0.29, 0.717) is 29.1 Å². The van der Waals surface area contributed by atoms with Crippen LogP contribution in [-0.4, -0.2) is 35.8 Å². The molecule has 2 rings (SSSR count). The lowest BCUT2D eigenvalue weighted by atomic mass is 10.1. The zero-order chi connectivity index (χ0) is 19.1. The van der Waals surface area contributed by atoms with Crippen molar-refractivity contribution in [1.29, 1.82) is 0 Å². The Labute approximate surface area is 156 Å². The summed E-state index contributed by atoms with van der Waals surface area (Å²) in [5.74, 6) is -0.107. The van der Waals surface area contributed by atoms with E-state index in [4.69, 9.17) is 4.74 Å². The number of amides is 1. The highest BCUT2D eigenvalue weighted by atomic mass is 32.2. The first-order valence-electron chi connectivity index (χ1n) is 8.46. The van der Waals surface area contributed by atoms with E-state index in [-0.39, 0.29) is 18.3 Å². The number of hydrogen-bond acceptors (Lipinski definition) is 4. The van der Waals surface area contributed by atoms with Crippen LogP contribution in [0.2, 0.25) is 0 Å². The number of hydrogen-bond donors (Lipinski definition) is 2. The smallest absolute Gasteiger partial charge is 0.340 e. The lowest BCUT2D eigenvalue weighted by Crippen LogP contribution is -2.26. The number of H-pyrrole nitrogens is 1. The number of esters is 1. The molecular formula is C19H23FN2O3S. The monoisotopic (exact) mass is 378 g/mol. The van der Waals surface area contributed by atoms with E-state index in [9.17, 15) is 14.0 Å². The number of thioether (sulfide) groups is 1. The summed E-state index contributed by atoms with van der Waals surface area (Å²) in [5.41, 5.74) is 2.03. The first-order valence-corrected chi connectivity index (χ1v) is 9.45. The summed E-state index contributed by atoms with van der Waals surface area (Å²) in [6, 6.07) is 6.34. The van der Waals surface area contributed by atoms with Crippen LogP contribution in [0.4, 0.5) is 4.39 Å². The zero-order valence-electron chi connectivity index (χ0n) is 15.1. The maximum absolute atomic E-state index is 12.8. The third kappa shape index (κ3) is 5.11. The van der Waals surface area contributed by atoms with Crippen molar-refractivity contribution >= 4 is 23.6 Å². The van der Waals surface area contributed by atoms with Crippen molar-refractivity contribution < 1.29 is 18.7 Å². The number of carbonyl (C=O) groups excluding carboxylic acids is 2. The molecule has 26 heavy (non-hydrogen) atoms. The fraction of sp³-hybridized carbons (Fsp3) is 0.368. The summed E-state index contributed by atoms with van der Waals surface area (Å²) < 4.78 is 17.9. The van der Waals surface area contributed by atoms with Gasteiger partial charge in [0, 0.05) is 17.1 Å². The molecule has 0 aliphatic rings. The van der Waals surface area contributed by atoms with E-state index in [1.807, 2.05) is 0 Å². The van der Waals surface area contributed by atoms with Gasteiger partial charge in [-0.2, -0.15) is 0 Å². The number of carbonyl (C=O) groups is 2. The Morgan fingerprint density at radius 3 is 2.58 bits per heavy atom. The molecule has 1 heterocycles. The average molecular weight is 378 g/mol. The van der Waals surface area contributed by atoms with Crippen LogP contribution in [0, 0.1) is 19.7 Å². The minimum Gasteiger partial charge on any atom is -0.462 e. The fourth-order valence-electron chi connectivity index (χ4n) is 2.57. The van der Waals surface area contributed by atoms with E-state index in [1.54, 1.807) is 44.7 Å². The zero-order valence-corrected chi connectivity index (χ0v) is 16.0. The van der Waals surface area contributed by atoms with Crippen LogP contribution in [0.25, 0.3) is 0 Å². The molecule has 1 aromatic heterocycles. The first-order chi connectivity index (χ1) is 12.4. The highest BCUT2D eigenvalue weighted by Gasteiger charge is 2.22. The molecule has 0 spiro atoms. The molecule has 1 aromatic carbocycles. The SMILES string of the molecule is CCOC(=O)c1c(C)[nH]c(C(=O)NCCCSc2ccc(F)cc2)c1C. The second-order valence-electron chi connectivity index (χ2n) is 5.76. The van der Waals surface area contributed by atoms with Gasteiger partial charge in [-0.3, -0.25) is 4.79 Å². The fourth-order valence-corrected chi connectivity index (χ4v) is 3.42. The lowest BCUT2D eigenvalue weighted by molar-refractivity contribution is 0.0525. The van der Waals surface area contributed by atoms with Crippen molar-refractivity contribution in [2.75, 3.05) is 18.9 Å². The van der Waals surface area contributed by atoms with Crippen LogP contribution in [0.5, 0.6) is 0 Å². The molecule has 0 aliphatic carbocycles. The van der Waals surface area contributed by atoms with Gasteiger partial charge in [0.05, 0.1) is 12.2 Å². The van der Waals surface area contributed by atoms with Crippen LogP contribution in [0.15, 0.2) is 29.2 Å². The van der Waals surface area contributed by atoms with E-state index in [0.717, 1.165) is 17.1 Å². The van der Waals surface area contributed by atoms with Gasteiger partial charge in [-0.05, 0) is 62.8 Å². The van der Waals surface area contributed by atoms with Gasteiger partial charge in [0.15, 0.2) is 0 Å². The molecule has 2 N–H and O–H groups in total. The van der Waals surface area contributed by atoms with Crippen LogP contribution in [0.3, 0.4) is 0 Å². The van der Waals surface area contributed by atoms with Crippen LogP contribution in [0.1, 0.15) is 45.4 Å². The molecule has 0 radical (unpaired) electrons. The second-order valence-corrected chi connectivity index (χ2v) is 6.93.